The molecule has 0 radical (unpaired) electrons. The molecule has 0 unspecified atom stereocenters. The Hall–Kier alpha value is -0.163. The van der Waals surface area contributed by atoms with E-state index in [9.17, 15) is 0 Å². The standard InChI is InChI=1S/C12H26O3Si/c1-5-9-10-11-12-16(13-6-2,14-7-3)15-8-4/h9-10H,5-8,11-12H2,1-4H3/b10-9-. The molecule has 0 N–H and O–H groups in total. The molecular formula is C12H26O3Si. The Balaban J connectivity index is 4.28. The Morgan fingerprint density at radius 2 is 1.31 bits per heavy atom. The van der Waals surface area contributed by atoms with E-state index in [1.165, 1.54) is 0 Å². The lowest BCUT2D eigenvalue weighted by atomic mass is 10.4. The van der Waals surface area contributed by atoms with Crippen LogP contribution >= 0.6 is 0 Å². The summed E-state index contributed by atoms with van der Waals surface area (Å²) in [4.78, 5) is 0. The summed E-state index contributed by atoms with van der Waals surface area (Å²) in [6.45, 7) is 10.1. The van der Waals surface area contributed by atoms with Crippen LogP contribution in [0.4, 0.5) is 0 Å². The summed E-state index contributed by atoms with van der Waals surface area (Å²) in [6, 6.07) is 0.874. The summed E-state index contributed by atoms with van der Waals surface area (Å²) >= 11 is 0. The first-order chi connectivity index (χ1) is 7.74. The minimum absolute atomic E-state index is 0.656. The molecule has 3 nitrogen and oxygen atoms in total. The van der Waals surface area contributed by atoms with Gasteiger partial charge in [0.05, 0.1) is 0 Å². The molecule has 0 spiro atoms. The SMILES string of the molecule is CC/C=C\CC[Si](OCC)(OCC)OCC. The molecular weight excluding hydrogens is 220 g/mol. The number of allylic oxidation sites excluding steroid dienone is 2. The third kappa shape index (κ3) is 6.43. The van der Waals surface area contributed by atoms with Gasteiger partial charge in [-0.3, -0.25) is 0 Å². The second-order valence-electron chi connectivity index (χ2n) is 3.40. The van der Waals surface area contributed by atoms with Crippen LogP contribution in [-0.4, -0.2) is 28.6 Å². The fourth-order valence-electron chi connectivity index (χ4n) is 1.55. The van der Waals surface area contributed by atoms with Crippen molar-refractivity contribution in [2.45, 2.75) is 46.6 Å². The number of hydrogen-bond acceptors (Lipinski definition) is 3. The van der Waals surface area contributed by atoms with E-state index in [1.54, 1.807) is 0 Å². The maximum absolute atomic E-state index is 5.75. The van der Waals surface area contributed by atoms with Crippen molar-refractivity contribution >= 4 is 8.80 Å². The summed E-state index contributed by atoms with van der Waals surface area (Å²) in [6.07, 6.45) is 6.40. The van der Waals surface area contributed by atoms with Crippen molar-refractivity contribution in [3.8, 4) is 0 Å². The van der Waals surface area contributed by atoms with Crippen molar-refractivity contribution in [2.24, 2.45) is 0 Å². The van der Waals surface area contributed by atoms with Gasteiger partial charge in [-0.2, -0.15) is 0 Å². The summed E-state index contributed by atoms with van der Waals surface area (Å²) in [5.74, 6) is 0. The van der Waals surface area contributed by atoms with Gasteiger partial charge in [0.25, 0.3) is 0 Å². The molecule has 0 rings (SSSR count). The summed E-state index contributed by atoms with van der Waals surface area (Å²) in [7, 11) is -2.40. The molecule has 0 aromatic rings. The van der Waals surface area contributed by atoms with Crippen LogP contribution in [0.1, 0.15) is 40.5 Å². The largest absolute Gasteiger partial charge is 0.501 e. The maximum Gasteiger partial charge on any atom is 0.501 e. The van der Waals surface area contributed by atoms with Crippen LogP contribution in [0.2, 0.25) is 6.04 Å². The fraction of sp³-hybridized carbons (Fsp3) is 0.833. The van der Waals surface area contributed by atoms with E-state index in [0.29, 0.717) is 19.8 Å². The van der Waals surface area contributed by atoms with E-state index in [1.807, 2.05) is 20.8 Å². The smallest absolute Gasteiger partial charge is 0.374 e. The lowest BCUT2D eigenvalue weighted by molar-refractivity contribution is 0.0716. The predicted octanol–water partition coefficient (Wildman–Crippen LogP) is 3.39. The molecule has 0 fully saturated rings. The van der Waals surface area contributed by atoms with Gasteiger partial charge < -0.3 is 13.3 Å². The molecule has 0 aliphatic heterocycles. The first-order valence-corrected chi connectivity index (χ1v) is 8.24. The number of rotatable bonds is 10. The normalized spacial score (nSPS) is 12.5. The second-order valence-corrected chi connectivity index (χ2v) is 6.13. The molecule has 0 bridgehead atoms. The average molecular weight is 246 g/mol. The molecule has 96 valence electrons. The zero-order valence-electron chi connectivity index (χ0n) is 11.1. The van der Waals surface area contributed by atoms with Gasteiger partial charge in [-0.1, -0.05) is 19.1 Å². The predicted molar refractivity (Wildman–Crippen MR) is 69.5 cm³/mol. The molecule has 0 saturated heterocycles. The topological polar surface area (TPSA) is 27.7 Å². The maximum atomic E-state index is 5.75. The third-order valence-electron chi connectivity index (χ3n) is 2.11. The fourth-order valence-corrected chi connectivity index (χ4v) is 4.07. The van der Waals surface area contributed by atoms with Crippen molar-refractivity contribution in [2.75, 3.05) is 19.8 Å². The van der Waals surface area contributed by atoms with Crippen molar-refractivity contribution < 1.29 is 13.3 Å². The lowest BCUT2D eigenvalue weighted by Gasteiger charge is -2.28. The molecule has 4 heteroatoms. The van der Waals surface area contributed by atoms with Crippen molar-refractivity contribution in [1.82, 2.24) is 0 Å². The van der Waals surface area contributed by atoms with Crippen LogP contribution < -0.4 is 0 Å². The first-order valence-electron chi connectivity index (χ1n) is 6.31. The van der Waals surface area contributed by atoms with E-state index in [-0.39, 0.29) is 0 Å². The van der Waals surface area contributed by atoms with Crippen LogP contribution in [-0.2, 0) is 13.3 Å². The molecule has 0 aromatic carbocycles. The highest BCUT2D eigenvalue weighted by Crippen LogP contribution is 2.18. The van der Waals surface area contributed by atoms with E-state index in [0.717, 1.165) is 18.9 Å². The zero-order valence-corrected chi connectivity index (χ0v) is 12.1. The van der Waals surface area contributed by atoms with E-state index < -0.39 is 8.80 Å². The quantitative estimate of drug-likeness (QED) is 0.437. The molecule has 0 amide bonds. The van der Waals surface area contributed by atoms with Gasteiger partial charge in [0, 0.05) is 25.9 Å². The Morgan fingerprint density at radius 1 is 0.812 bits per heavy atom. The second kappa shape index (κ2) is 10.0. The monoisotopic (exact) mass is 246 g/mol. The van der Waals surface area contributed by atoms with Crippen LogP contribution in [0.3, 0.4) is 0 Å². The summed E-state index contributed by atoms with van der Waals surface area (Å²) < 4.78 is 17.3. The molecule has 0 aromatic heterocycles. The summed E-state index contributed by atoms with van der Waals surface area (Å²) in [5, 5.41) is 0. The minimum atomic E-state index is -2.40. The van der Waals surface area contributed by atoms with E-state index >= 15 is 0 Å². The molecule has 0 heterocycles. The van der Waals surface area contributed by atoms with E-state index in [2.05, 4.69) is 19.1 Å². The Bertz CT molecular complexity index is 166. The number of hydrogen-bond donors (Lipinski definition) is 0. The van der Waals surface area contributed by atoms with Gasteiger partial charge in [-0.25, -0.2) is 0 Å². The first kappa shape index (κ1) is 15.8. The lowest BCUT2D eigenvalue weighted by Crippen LogP contribution is -2.45. The van der Waals surface area contributed by atoms with E-state index in [4.69, 9.17) is 13.3 Å². The van der Waals surface area contributed by atoms with Gasteiger partial charge >= 0.3 is 8.80 Å². The minimum Gasteiger partial charge on any atom is -0.374 e. The zero-order chi connectivity index (χ0) is 12.3. The van der Waals surface area contributed by atoms with Crippen LogP contribution in [0.15, 0.2) is 12.2 Å². The van der Waals surface area contributed by atoms with Gasteiger partial charge in [0.1, 0.15) is 0 Å². The van der Waals surface area contributed by atoms with Crippen LogP contribution in [0, 0.1) is 0 Å². The van der Waals surface area contributed by atoms with Crippen molar-refractivity contribution in [3.05, 3.63) is 12.2 Å². The Morgan fingerprint density at radius 3 is 1.69 bits per heavy atom. The Labute approximate surface area is 101 Å². The third-order valence-corrected chi connectivity index (χ3v) is 5.20. The highest BCUT2D eigenvalue weighted by molar-refractivity contribution is 6.60. The van der Waals surface area contributed by atoms with Gasteiger partial charge in [-0.05, 0) is 33.6 Å². The molecule has 0 aliphatic carbocycles. The molecule has 0 saturated carbocycles. The van der Waals surface area contributed by atoms with Crippen LogP contribution in [0.5, 0.6) is 0 Å². The molecule has 0 atom stereocenters. The molecule has 0 aliphatic rings. The van der Waals surface area contributed by atoms with Gasteiger partial charge in [-0.15, -0.1) is 0 Å². The Kier molecular flexibility index (Phi) is 9.92. The highest BCUT2D eigenvalue weighted by Gasteiger charge is 2.39. The van der Waals surface area contributed by atoms with Crippen molar-refractivity contribution in [1.29, 1.82) is 0 Å². The highest BCUT2D eigenvalue weighted by atomic mass is 28.4. The van der Waals surface area contributed by atoms with Crippen LogP contribution in [0.25, 0.3) is 0 Å². The molecule has 16 heavy (non-hydrogen) atoms. The van der Waals surface area contributed by atoms with Gasteiger partial charge in [0.2, 0.25) is 0 Å². The van der Waals surface area contributed by atoms with Gasteiger partial charge in [0.15, 0.2) is 0 Å². The van der Waals surface area contributed by atoms with Crippen molar-refractivity contribution in [3.63, 3.8) is 0 Å². The summed E-state index contributed by atoms with van der Waals surface area (Å²) in [5.41, 5.74) is 0. The average Bonchev–Trinajstić information content (AvgIpc) is 2.26.